The summed E-state index contributed by atoms with van der Waals surface area (Å²) in [5.41, 5.74) is 2.83. The molecule has 7 heteroatoms. The van der Waals surface area contributed by atoms with Gasteiger partial charge in [-0.05, 0) is 30.2 Å². The molecule has 0 spiro atoms. The number of aromatic nitrogens is 1. The van der Waals surface area contributed by atoms with E-state index in [0.717, 1.165) is 28.6 Å². The highest BCUT2D eigenvalue weighted by Crippen LogP contribution is 2.16. The van der Waals surface area contributed by atoms with Crippen LogP contribution in [-0.2, 0) is 20.7 Å². The van der Waals surface area contributed by atoms with Gasteiger partial charge in [-0.3, -0.25) is 9.59 Å². The standard InChI is InChI=1S/C22H23N3O4/c1-3-15-8-4-6-10-17(15)24-20(26)13-25(2)21(27)14-29-22(28)19-12-16-9-5-7-11-18(16)23-19/h4-12,23H,3,13-14H2,1-2H3,(H,24,26). The van der Waals surface area contributed by atoms with Gasteiger partial charge >= 0.3 is 5.97 Å². The number of benzene rings is 2. The van der Waals surface area contributed by atoms with Gasteiger partial charge in [0.25, 0.3) is 5.91 Å². The summed E-state index contributed by atoms with van der Waals surface area (Å²) in [6.07, 6.45) is 0.787. The van der Waals surface area contributed by atoms with Crippen LogP contribution in [0.2, 0.25) is 0 Å². The second-order valence-corrected chi connectivity index (χ2v) is 6.66. The number of nitrogens with one attached hydrogen (secondary N) is 2. The first kappa shape index (κ1) is 20.1. The van der Waals surface area contributed by atoms with Crippen LogP contribution in [0.25, 0.3) is 10.9 Å². The highest BCUT2D eigenvalue weighted by atomic mass is 16.5. The van der Waals surface area contributed by atoms with Crippen LogP contribution in [0, 0.1) is 0 Å². The van der Waals surface area contributed by atoms with Crippen molar-refractivity contribution in [2.45, 2.75) is 13.3 Å². The van der Waals surface area contributed by atoms with Crippen LogP contribution in [0.3, 0.4) is 0 Å². The van der Waals surface area contributed by atoms with Gasteiger partial charge in [-0.15, -0.1) is 0 Å². The van der Waals surface area contributed by atoms with E-state index in [-0.39, 0.29) is 18.1 Å². The van der Waals surface area contributed by atoms with E-state index < -0.39 is 18.5 Å². The zero-order valence-corrected chi connectivity index (χ0v) is 16.4. The number of hydrogen-bond donors (Lipinski definition) is 2. The molecule has 29 heavy (non-hydrogen) atoms. The van der Waals surface area contributed by atoms with Crippen LogP contribution in [0.5, 0.6) is 0 Å². The third-order valence-electron chi connectivity index (χ3n) is 4.56. The predicted octanol–water partition coefficient (Wildman–Crippen LogP) is 2.98. The Balaban J connectivity index is 1.50. The lowest BCUT2D eigenvalue weighted by atomic mass is 10.1. The Morgan fingerprint density at radius 1 is 1.07 bits per heavy atom. The lowest BCUT2D eigenvalue weighted by Gasteiger charge is -2.17. The van der Waals surface area contributed by atoms with Crippen molar-refractivity contribution in [2.75, 3.05) is 25.5 Å². The zero-order valence-electron chi connectivity index (χ0n) is 16.4. The fourth-order valence-electron chi connectivity index (χ4n) is 2.94. The van der Waals surface area contributed by atoms with Crippen molar-refractivity contribution >= 4 is 34.4 Å². The third kappa shape index (κ3) is 5.01. The lowest BCUT2D eigenvalue weighted by molar-refractivity contribution is -0.136. The van der Waals surface area contributed by atoms with Crippen LogP contribution in [0.15, 0.2) is 54.6 Å². The van der Waals surface area contributed by atoms with Crippen molar-refractivity contribution in [1.29, 1.82) is 0 Å². The molecule has 0 fully saturated rings. The van der Waals surface area contributed by atoms with Gasteiger partial charge in [0.2, 0.25) is 5.91 Å². The molecule has 1 aromatic heterocycles. The molecule has 0 radical (unpaired) electrons. The molecule has 0 saturated carbocycles. The average Bonchev–Trinajstić information content (AvgIpc) is 3.16. The molecule has 2 N–H and O–H groups in total. The van der Waals surface area contributed by atoms with Crippen LogP contribution in [0.1, 0.15) is 23.0 Å². The maximum absolute atomic E-state index is 12.2. The quantitative estimate of drug-likeness (QED) is 0.604. The van der Waals surface area contributed by atoms with Gasteiger partial charge in [0.15, 0.2) is 6.61 Å². The Hall–Kier alpha value is -3.61. The van der Waals surface area contributed by atoms with Gasteiger partial charge in [0.05, 0.1) is 6.54 Å². The van der Waals surface area contributed by atoms with Crippen molar-refractivity contribution in [2.24, 2.45) is 0 Å². The molecule has 0 atom stereocenters. The Morgan fingerprint density at radius 2 is 1.79 bits per heavy atom. The molecular formula is C22H23N3O4. The molecule has 7 nitrogen and oxygen atoms in total. The molecule has 0 unspecified atom stereocenters. The average molecular weight is 393 g/mol. The number of ether oxygens (including phenoxy) is 1. The number of carbonyl (C=O) groups excluding carboxylic acids is 3. The monoisotopic (exact) mass is 393 g/mol. The lowest BCUT2D eigenvalue weighted by Crippen LogP contribution is -2.37. The molecule has 2 amide bonds. The summed E-state index contributed by atoms with van der Waals surface area (Å²) >= 11 is 0. The molecule has 0 aliphatic carbocycles. The normalized spacial score (nSPS) is 10.6. The number of fused-ring (bicyclic) bond motifs is 1. The van der Waals surface area contributed by atoms with Crippen LogP contribution >= 0.6 is 0 Å². The molecule has 3 aromatic rings. The summed E-state index contributed by atoms with van der Waals surface area (Å²) in [5, 5.41) is 3.69. The molecular weight excluding hydrogens is 370 g/mol. The number of rotatable bonds is 7. The molecule has 150 valence electrons. The topological polar surface area (TPSA) is 91.5 Å². The number of hydrogen-bond acceptors (Lipinski definition) is 4. The summed E-state index contributed by atoms with van der Waals surface area (Å²) in [5.74, 6) is -1.40. The van der Waals surface area contributed by atoms with E-state index in [4.69, 9.17) is 4.74 Å². The smallest absolute Gasteiger partial charge is 0.355 e. The van der Waals surface area contributed by atoms with Gasteiger partial charge in [0, 0.05) is 23.6 Å². The highest BCUT2D eigenvalue weighted by Gasteiger charge is 2.17. The number of aromatic amines is 1. The van der Waals surface area contributed by atoms with Crippen molar-refractivity contribution in [1.82, 2.24) is 9.88 Å². The molecule has 3 rings (SSSR count). The number of H-pyrrole nitrogens is 1. The van der Waals surface area contributed by atoms with Crippen molar-refractivity contribution in [3.63, 3.8) is 0 Å². The van der Waals surface area contributed by atoms with E-state index in [2.05, 4.69) is 10.3 Å². The number of carbonyl (C=O) groups is 3. The highest BCUT2D eigenvalue weighted by molar-refractivity contribution is 5.97. The molecule has 0 bridgehead atoms. The number of anilines is 1. The fraction of sp³-hybridized carbons (Fsp3) is 0.227. The van der Waals surface area contributed by atoms with E-state index >= 15 is 0 Å². The molecule has 0 aliphatic rings. The first-order chi connectivity index (χ1) is 14.0. The minimum Gasteiger partial charge on any atom is -0.451 e. The van der Waals surface area contributed by atoms with Gasteiger partial charge < -0.3 is 19.9 Å². The van der Waals surface area contributed by atoms with E-state index in [9.17, 15) is 14.4 Å². The predicted molar refractivity (Wildman–Crippen MR) is 111 cm³/mol. The SMILES string of the molecule is CCc1ccccc1NC(=O)CN(C)C(=O)COC(=O)c1cc2ccccc2[nH]1. The van der Waals surface area contributed by atoms with Gasteiger partial charge in [-0.25, -0.2) is 4.79 Å². The zero-order chi connectivity index (χ0) is 20.8. The number of aryl methyl sites for hydroxylation is 1. The number of likely N-dealkylation sites (N-methyl/N-ethyl adjacent to an activating group) is 1. The number of amides is 2. The van der Waals surface area contributed by atoms with Crippen molar-refractivity contribution < 1.29 is 19.1 Å². The summed E-state index contributed by atoms with van der Waals surface area (Å²) in [6.45, 7) is 1.42. The minimum absolute atomic E-state index is 0.138. The Bertz CT molecular complexity index is 1010. The summed E-state index contributed by atoms with van der Waals surface area (Å²) in [7, 11) is 1.49. The second kappa shape index (κ2) is 9.05. The summed E-state index contributed by atoms with van der Waals surface area (Å²) in [4.78, 5) is 40.8. The largest absolute Gasteiger partial charge is 0.451 e. The van der Waals surface area contributed by atoms with E-state index in [1.54, 1.807) is 6.07 Å². The fourth-order valence-corrected chi connectivity index (χ4v) is 2.94. The van der Waals surface area contributed by atoms with Crippen LogP contribution in [0.4, 0.5) is 5.69 Å². The summed E-state index contributed by atoms with van der Waals surface area (Å²) < 4.78 is 5.08. The maximum Gasteiger partial charge on any atom is 0.355 e. The molecule has 2 aromatic carbocycles. The Kier molecular flexibility index (Phi) is 6.29. The third-order valence-corrected chi connectivity index (χ3v) is 4.56. The van der Waals surface area contributed by atoms with Gasteiger partial charge in [0.1, 0.15) is 5.69 Å². The Labute approximate surface area is 168 Å². The molecule has 1 heterocycles. The van der Waals surface area contributed by atoms with Crippen LogP contribution < -0.4 is 5.32 Å². The molecule has 0 saturated heterocycles. The summed E-state index contributed by atoms with van der Waals surface area (Å²) in [6, 6.07) is 16.6. The van der Waals surface area contributed by atoms with Gasteiger partial charge in [-0.1, -0.05) is 43.3 Å². The van der Waals surface area contributed by atoms with Crippen LogP contribution in [-0.4, -0.2) is 47.9 Å². The first-order valence-electron chi connectivity index (χ1n) is 9.34. The van der Waals surface area contributed by atoms with Crippen molar-refractivity contribution in [3.8, 4) is 0 Å². The first-order valence-corrected chi connectivity index (χ1v) is 9.34. The van der Waals surface area contributed by atoms with E-state index in [1.165, 1.54) is 11.9 Å². The van der Waals surface area contributed by atoms with E-state index in [0.29, 0.717) is 0 Å². The number of nitrogens with zero attached hydrogens (tertiary/aromatic N) is 1. The molecule has 0 aliphatic heterocycles. The number of esters is 1. The Morgan fingerprint density at radius 3 is 2.55 bits per heavy atom. The number of para-hydroxylation sites is 2. The maximum atomic E-state index is 12.2. The van der Waals surface area contributed by atoms with Crippen molar-refractivity contribution in [3.05, 3.63) is 65.9 Å². The second-order valence-electron chi connectivity index (χ2n) is 6.66. The van der Waals surface area contributed by atoms with E-state index in [1.807, 2.05) is 55.5 Å². The van der Waals surface area contributed by atoms with Gasteiger partial charge in [-0.2, -0.15) is 0 Å². The minimum atomic E-state index is -0.621.